The maximum absolute atomic E-state index is 10.6. The van der Waals surface area contributed by atoms with E-state index < -0.39 is 0 Å². The smallest absolute Gasteiger partial charge is 0.0608 e. The summed E-state index contributed by atoms with van der Waals surface area (Å²) in [5.41, 5.74) is 4.42. The molecule has 1 nitrogen and oxygen atoms in total. The van der Waals surface area contributed by atoms with Crippen LogP contribution in [0.3, 0.4) is 0 Å². The second-order valence-corrected chi connectivity index (χ2v) is 7.30. The Kier molecular flexibility index (Phi) is 5.00. The molecule has 1 unspecified atom stereocenters. The van der Waals surface area contributed by atoms with Crippen LogP contribution in [0.2, 0.25) is 0 Å². The standard InChI is InChI=1S/C20H30O/c1-2-4-15-7-11-18(12-8-15)20(21)14-16-9-10-17-5-3-6-19(17)13-16/h9-10,13,15,18,20-21H,2-8,11-12,14H2,1H3. The Balaban J connectivity index is 1.53. The van der Waals surface area contributed by atoms with Gasteiger partial charge in [0, 0.05) is 0 Å². The van der Waals surface area contributed by atoms with Gasteiger partial charge in [-0.3, -0.25) is 0 Å². The fraction of sp³-hybridized carbons (Fsp3) is 0.700. The second kappa shape index (κ2) is 6.96. The predicted molar refractivity (Wildman–Crippen MR) is 88.5 cm³/mol. The molecule has 1 heteroatoms. The van der Waals surface area contributed by atoms with Crippen molar-refractivity contribution in [1.82, 2.24) is 0 Å². The van der Waals surface area contributed by atoms with Gasteiger partial charge in [-0.25, -0.2) is 0 Å². The van der Waals surface area contributed by atoms with Crippen molar-refractivity contribution in [3.63, 3.8) is 0 Å². The van der Waals surface area contributed by atoms with Crippen LogP contribution in [0.15, 0.2) is 18.2 Å². The van der Waals surface area contributed by atoms with Crippen molar-refractivity contribution in [2.24, 2.45) is 11.8 Å². The normalized spacial score (nSPS) is 26.6. The highest BCUT2D eigenvalue weighted by Crippen LogP contribution is 2.34. The molecular formula is C20H30O. The van der Waals surface area contributed by atoms with E-state index in [2.05, 4.69) is 25.1 Å². The first-order chi connectivity index (χ1) is 10.3. The molecule has 0 radical (unpaired) electrons. The van der Waals surface area contributed by atoms with E-state index in [-0.39, 0.29) is 6.10 Å². The lowest BCUT2D eigenvalue weighted by Crippen LogP contribution is -2.27. The second-order valence-electron chi connectivity index (χ2n) is 7.30. The van der Waals surface area contributed by atoms with Gasteiger partial charge in [-0.1, -0.05) is 50.8 Å². The predicted octanol–water partition coefficient (Wildman–Crippen LogP) is 4.69. The number of hydrogen-bond donors (Lipinski definition) is 1. The Hall–Kier alpha value is -0.820. The first-order valence-electron chi connectivity index (χ1n) is 9.05. The van der Waals surface area contributed by atoms with Crippen molar-refractivity contribution in [3.8, 4) is 0 Å². The molecule has 0 spiro atoms. The molecule has 1 aromatic rings. The van der Waals surface area contributed by atoms with E-state index >= 15 is 0 Å². The highest BCUT2D eigenvalue weighted by atomic mass is 16.3. The lowest BCUT2D eigenvalue weighted by molar-refractivity contribution is 0.0728. The van der Waals surface area contributed by atoms with E-state index in [1.165, 1.54) is 74.5 Å². The van der Waals surface area contributed by atoms with Gasteiger partial charge in [0.2, 0.25) is 0 Å². The molecule has 0 bridgehead atoms. The van der Waals surface area contributed by atoms with Crippen LogP contribution in [0.25, 0.3) is 0 Å². The number of aryl methyl sites for hydroxylation is 2. The zero-order valence-electron chi connectivity index (χ0n) is 13.5. The topological polar surface area (TPSA) is 20.2 Å². The molecule has 21 heavy (non-hydrogen) atoms. The van der Waals surface area contributed by atoms with Crippen LogP contribution in [-0.4, -0.2) is 11.2 Å². The summed E-state index contributed by atoms with van der Waals surface area (Å²) in [5, 5.41) is 10.6. The van der Waals surface area contributed by atoms with E-state index in [9.17, 15) is 5.11 Å². The molecule has 0 aromatic heterocycles. The van der Waals surface area contributed by atoms with Crippen molar-refractivity contribution >= 4 is 0 Å². The van der Waals surface area contributed by atoms with Gasteiger partial charge in [0.05, 0.1) is 6.10 Å². The van der Waals surface area contributed by atoms with Gasteiger partial charge in [-0.15, -0.1) is 0 Å². The molecule has 0 saturated heterocycles. The highest BCUT2D eigenvalue weighted by Gasteiger charge is 2.26. The average molecular weight is 286 g/mol. The fourth-order valence-electron chi connectivity index (χ4n) is 4.43. The summed E-state index contributed by atoms with van der Waals surface area (Å²) in [6.45, 7) is 2.29. The maximum atomic E-state index is 10.6. The molecule has 116 valence electrons. The van der Waals surface area contributed by atoms with Crippen molar-refractivity contribution < 1.29 is 5.11 Å². The largest absolute Gasteiger partial charge is 0.392 e. The Morgan fingerprint density at radius 1 is 1.10 bits per heavy atom. The molecule has 2 aliphatic carbocycles. The number of aliphatic hydroxyl groups excluding tert-OH is 1. The Labute approximate surface area is 129 Å². The van der Waals surface area contributed by atoms with E-state index in [0.717, 1.165) is 12.3 Å². The lowest BCUT2D eigenvalue weighted by Gasteiger charge is -2.31. The van der Waals surface area contributed by atoms with E-state index in [1.54, 1.807) is 0 Å². The molecule has 3 rings (SSSR count). The summed E-state index contributed by atoms with van der Waals surface area (Å²) in [6.07, 6.45) is 12.3. The minimum Gasteiger partial charge on any atom is -0.392 e. The van der Waals surface area contributed by atoms with Crippen LogP contribution >= 0.6 is 0 Å². The van der Waals surface area contributed by atoms with Gasteiger partial charge in [-0.05, 0) is 67.1 Å². The van der Waals surface area contributed by atoms with Crippen LogP contribution in [0.4, 0.5) is 0 Å². The highest BCUT2D eigenvalue weighted by molar-refractivity contribution is 5.35. The number of aliphatic hydroxyl groups is 1. The number of benzene rings is 1. The molecule has 1 N–H and O–H groups in total. The number of fused-ring (bicyclic) bond motifs is 1. The van der Waals surface area contributed by atoms with Crippen molar-refractivity contribution in [2.45, 2.75) is 77.2 Å². The Bertz CT molecular complexity index is 457. The van der Waals surface area contributed by atoms with Crippen LogP contribution in [0, 0.1) is 11.8 Å². The van der Waals surface area contributed by atoms with E-state index in [1.807, 2.05) is 0 Å². The fourth-order valence-corrected chi connectivity index (χ4v) is 4.43. The van der Waals surface area contributed by atoms with Gasteiger partial charge in [0.25, 0.3) is 0 Å². The van der Waals surface area contributed by atoms with E-state index in [4.69, 9.17) is 0 Å². The van der Waals surface area contributed by atoms with Gasteiger partial charge in [-0.2, -0.15) is 0 Å². The zero-order chi connectivity index (χ0) is 14.7. The van der Waals surface area contributed by atoms with Gasteiger partial charge in [0.1, 0.15) is 0 Å². The van der Waals surface area contributed by atoms with Gasteiger partial charge in [0.15, 0.2) is 0 Å². The molecule has 0 aliphatic heterocycles. The molecular weight excluding hydrogens is 256 g/mol. The van der Waals surface area contributed by atoms with Crippen molar-refractivity contribution in [3.05, 3.63) is 34.9 Å². The van der Waals surface area contributed by atoms with Gasteiger partial charge < -0.3 is 5.11 Å². The summed E-state index contributed by atoms with van der Waals surface area (Å²) >= 11 is 0. The van der Waals surface area contributed by atoms with Crippen LogP contribution in [0.5, 0.6) is 0 Å². The summed E-state index contributed by atoms with van der Waals surface area (Å²) < 4.78 is 0. The monoisotopic (exact) mass is 286 g/mol. The Morgan fingerprint density at radius 2 is 1.86 bits per heavy atom. The van der Waals surface area contributed by atoms with Crippen LogP contribution in [0.1, 0.15) is 68.6 Å². The first kappa shape index (κ1) is 15.1. The van der Waals surface area contributed by atoms with Gasteiger partial charge >= 0.3 is 0 Å². The van der Waals surface area contributed by atoms with E-state index in [0.29, 0.717) is 5.92 Å². The molecule has 1 saturated carbocycles. The van der Waals surface area contributed by atoms with Crippen molar-refractivity contribution in [1.29, 1.82) is 0 Å². The number of hydrogen-bond acceptors (Lipinski definition) is 1. The third-order valence-electron chi connectivity index (χ3n) is 5.74. The van der Waals surface area contributed by atoms with Crippen LogP contribution in [-0.2, 0) is 19.3 Å². The summed E-state index contributed by atoms with van der Waals surface area (Å²) in [4.78, 5) is 0. The summed E-state index contributed by atoms with van der Waals surface area (Å²) in [6, 6.07) is 6.90. The molecule has 1 aromatic carbocycles. The zero-order valence-corrected chi connectivity index (χ0v) is 13.5. The SMILES string of the molecule is CCCC1CCC(C(O)Cc2ccc3c(c2)CCC3)CC1. The van der Waals surface area contributed by atoms with Crippen molar-refractivity contribution in [2.75, 3.05) is 0 Å². The molecule has 0 heterocycles. The maximum Gasteiger partial charge on any atom is 0.0608 e. The minimum absolute atomic E-state index is 0.132. The molecule has 0 amide bonds. The summed E-state index contributed by atoms with van der Waals surface area (Å²) in [5.74, 6) is 1.46. The summed E-state index contributed by atoms with van der Waals surface area (Å²) in [7, 11) is 0. The quantitative estimate of drug-likeness (QED) is 0.833. The molecule has 1 atom stereocenters. The first-order valence-corrected chi connectivity index (χ1v) is 9.05. The minimum atomic E-state index is -0.132. The Morgan fingerprint density at radius 3 is 2.62 bits per heavy atom. The average Bonchev–Trinajstić information content (AvgIpc) is 2.96. The lowest BCUT2D eigenvalue weighted by atomic mass is 9.77. The van der Waals surface area contributed by atoms with Crippen LogP contribution < -0.4 is 0 Å². The third kappa shape index (κ3) is 3.69. The molecule has 2 aliphatic rings. The molecule has 1 fully saturated rings. The third-order valence-corrected chi connectivity index (χ3v) is 5.74. The number of rotatable bonds is 5.